The smallest absolute Gasteiger partial charge is 0.196 e. The Balaban J connectivity index is 2.54. The van der Waals surface area contributed by atoms with E-state index in [1.165, 1.54) is 0 Å². The highest BCUT2D eigenvalue weighted by Gasteiger charge is 2.17. The molecule has 2 aromatic rings. The van der Waals surface area contributed by atoms with E-state index < -0.39 is 17.5 Å². The van der Waals surface area contributed by atoms with Gasteiger partial charge in [-0.1, -0.05) is 12.2 Å². The minimum atomic E-state index is -1.55. The van der Waals surface area contributed by atoms with Crippen molar-refractivity contribution in [1.29, 1.82) is 0 Å². The number of nitrogens with zero attached hydrogens (tertiary/aromatic N) is 1. The zero-order valence-electron chi connectivity index (χ0n) is 11.3. The predicted octanol–water partition coefficient (Wildman–Crippen LogP) is 3.49. The van der Waals surface area contributed by atoms with Gasteiger partial charge in [0.05, 0.1) is 11.3 Å². The van der Waals surface area contributed by atoms with Gasteiger partial charge in [-0.3, -0.25) is 0 Å². The quantitative estimate of drug-likeness (QED) is 0.673. The summed E-state index contributed by atoms with van der Waals surface area (Å²) in [6.45, 7) is 3.51. The van der Waals surface area contributed by atoms with Gasteiger partial charge < -0.3 is 11.1 Å². The molecule has 0 aliphatic rings. The Kier molecular flexibility index (Phi) is 4.13. The fourth-order valence-electron chi connectivity index (χ4n) is 1.99. The number of nitrogens with two attached hydrogens (primary N) is 1. The maximum absolute atomic E-state index is 13.7. The molecule has 0 spiro atoms. The van der Waals surface area contributed by atoms with Crippen LogP contribution in [0.15, 0.2) is 18.2 Å². The van der Waals surface area contributed by atoms with Crippen LogP contribution in [0, 0.1) is 31.3 Å². The fourth-order valence-corrected chi connectivity index (χ4v) is 2.25. The molecule has 110 valence electrons. The molecule has 0 aliphatic heterocycles. The number of nitrogens with one attached hydrogen (secondary N) is 1. The zero-order chi connectivity index (χ0) is 15.7. The number of benzene rings is 1. The molecule has 0 atom stereocenters. The summed E-state index contributed by atoms with van der Waals surface area (Å²) in [6.07, 6.45) is 0. The maximum atomic E-state index is 13.7. The summed E-state index contributed by atoms with van der Waals surface area (Å²) in [6, 6.07) is 3.67. The van der Waals surface area contributed by atoms with Gasteiger partial charge in [-0.05, 0) is 37.6 Å². The molecule has 0 unspecified atom stereocenters. The summed E-state index contributed by atoms with van der Waals surface area (Å²) >= 11 is 4.95. The molecule has 0 saturated heterocycles. The highest BCUT2D eigenvalue weighted by molar-refractivity contribution is 7.80. The van der Waals surface area contributed by atoms with Crippen LogP contribution in [0.3, 0.4) is 0 Å². The lowest BCUT2D eigenvalue weighted by Gasteiger charge is -2.14. The van der Waals surface area contributed by atoms with Crippen molar-refractivity contribution < 1.29 is 13.2 Å². The first-order valence-electron chi connectivity index (χ1n) is 5.99. The van der Waals surface area contributed by atoms with Crippen molar-refractivity contribution in [1.82, 2.24) is 4.98 Å². The number of hydrogen-bond donors (Lipinski definition) is 2. The topological polar surface area (TPSA) is 50.9 Å². The van der Waals surface area contributed by atoms with Crippen molar-refractivity contribution in [2.45, 2.75) is 13.8 Å². The molecule has 0 fully saturated rings. The van der Waals surface area contributed by atoms with Crippen LogP contribution in [0.1, 0.15) is 16.8 Å². The molecule has 1 heterocycles. The number of halogens is 3. The summed E-state index contributed by atoms with van der Waals surface area (Å²) in [7, 11) is 0. The minimum Gasteiger partial charge on any atom is -0.389 e. The van der Waals surface area contributed by atoms with Crippen molar-refractivity contribution >= 4 is 28.7 Å². The Hall–Kier alpha value is -2.15. The van der Waals surface area contributed by atoms with E-state index in [0.717, 1.165) is 17.7 Å². The molecule has 0 amide bonds. The molecule has 0 aliphatic carbocycles. The van der Waals surface area contributed by atoms with Crippen molar-refractivity contribution in [2.75, 3.05) is 5.32 Å². The van der Waals surface area contributed by atoms with Crippen molar-refractivity contribution in [3.63, 3.8) is 0 Å². The summed E-state index contributed by atoms with van der Waals surface area (Å²) in [5.74, 6) is -3.95. The Labute approximate surface area is 125 Å². The number of aryl methyl sites for hydroxylation is 2. The van der Waals surface area contributed by atoms with Gasteiger partial charge >= 0.3 is 0 Å². The third-order valence-electron chi connectivity index (χ3n) is 2.88. The van der Waals surface area contributed by atoms with Crippen LogP contribution in [-0.2, 0) is 0 Å². The molecular formula is C14H12F3N3S. The average Bonchev–Trinajstić information content (AvgIpc) is 2.38. The molecule has 0 radical (unpaired) electrons. The first kappa shape index (κ1) is 15.2. The van der Waals surface area contributed by atoms with E-state index in [9.17, 15) is 13.2 Å². The highest BCUT2D eigenvalue weighted by Crippen LogP contribution is 2.26. The van der Waals surface area contributed by atoms with Crippen molar-refractivity contribution in [3.05, 3.63) is 52.5 Å². The SMILES string of the molecule is Cc1cc(C)c(C(N)=S)c(Nc2ccc(F)c(F)c2F)n1. The molecule has 1 aromatic carbocycles. The van der Waals surface area contributed by atoms with Crippen LogP contribution in [0.25, 0.3) is 0 Å². The van der Waals surface area contributed by atoms with Gasteiger partial charge in [-0.2, -0.15) is 0 Å². The van der Waals surface area contributed by atoms with Crippen LogP contribution in [0.4, 0.5) is 24.7 Å². The summed E-state index contributed by atoms with van der Waals surface area (Å²) < 4.78 is 39.9. The van der Waals surface area contributed by atoms with E-state index >= 15 is 0 Å². The van der Waals surface area contributed by atoms with Gasteiger partial charge in [0.25, 0.3) is 0 Å². The monoisotopic (exact) mass is 311 g/mol. The number of rotatable bonds is 3. The standard InChI is InChI=1S/C14H12F3N3S/c1-6-5-7(2)19-14(10(6)13(18)21)20-9-4-3-8(15)11(16)12(9)17/h3-5H,1-2H3,(H2,18,21)(H,19,20). The average molecular weight is 311 g/mol. The number of anilines is 2. The Bertz CT molecular complexity index is 732. The molecule has 7 heteroatoms. The van der Waals surface area contributed by atoms with Gasteiger partial charge in [0.2, 0.25) is 0 Å². The van der Waals surface area contributed by atoms with Crippen molar-refractivity contribution in [3.8, 4) is 0 Å². The first-order chi connectivity index (χ1) is 9.81. The molecule has 3 nitrogen and oxygen atoms in total. The van der Waals surface area contributed by atoms with Gasteiger partial charge in [0.15, 0.2) is 17.5 Å². The first-order valence-corrected chi connectivity index (χ1v) is 6.40. The van der Waals surface area contributed by atoms with Crippen LogP contribution in [0.2, 0.25) is 0 Å². The summed E-state index contributed by atoms with van der Waals surface area (Å²) in [5, 5.41) is 2.61. The van der Waals surface area contributed by atoms with Gasteiger partial charge in [0, 0.05) is 5.69 Å². The Morgan fingerprint density at radius 2 is 1.86 bits per heavy atom. The lowest BCUT2D eigenvalue weighted by atomic mass is 10.1. The molecule has 3 N–H and O–H groups in total. The molecule has 1 aromatic heterocycles. The second kappa shape index (κ2) is 5.69. The lowest BCUT2D eigenvalue weighted by molar-refractivity contribution is 0.449. The van der Waals surface area contributed by atoms with E-state index in [2.05, 4.69) is 10.3 Å². The summed E-state index contributed by atoms with van der Waals surface area (Å²) in [5.41, 5.74) is 7.22. The molecular weight excluding hydrogens is 299 g/mol. The van der Waals surface area contributed by atoms with E-state index in [1.807, 2.05) is 0 Å². The van der Waals surface area contributed by atoms with E-state index in [1.54, 1.807) is 19.9 Å². The summed E-state index contributed by atoms with van der Waals surface area (Å²) in [4.78, 5) is 4.26. The molecule has 0 saturated carbocycles. The van der Waals surface area contributed by atoms with Gasteiger partial charge in [-0.25, -0.2) is 18.2 Å². The Morgan fingerprint density at radius 3 is 2.48 bits per heavy atom. The second-order valence-corrected chi connectivity index (χ2v) is 4.96. The van der Waals surface area contributed by atoms with Gasteiger partial charge in [-0.15, -0.1) is 0 Å². The number of pyridine rings is 1. The number of hydrogen-bond acceptors (Lipinski definition) is 3. The van der Waals surface area contributed by atoms with E-state index in [0.29, 0.717) is 11.3 Å². The largest absolute Gasteiger partial charge is 0.389 e. The molecule has 0 bridgehead atoms. The Morgan fingerprint density at radius 1 is 1.19 bits per heavy atom. The fraction of sp³-hybridized carbons (Fsp3) is 0.143. The molecule has 21 heavy (non-hydrogen) atoms. The third kappa shape index (κ3) is 2.97. The number of aromatic nitrogens is 1. The third-order valence-corrected chi connectivity index (χ3v) is 3.08. The number of thiocarbonyl (C=S) groups is 1. The lowest BCUT2D eigenvalue weighted by Crippen LogP contribution is -2.16. The highest BCUT2D eigenvalue weighted by atomic mass is 32.1. The minimum absolute atomic E-state index is 0.0745. The van der Waals surface area contributed by atoms with Crippen LogP contribution < -0.4 is 11.1 Å². The van der Waals surface area contributed by atoms with Crippen LogP contribution in [0.5, 0.6) is 0 Å². The van der Waals surface area contributed by atoms with Crippen LogP contribution >= 0.6 is 12.2 Å². The van der Waals surface area contributed by atoms with Gasteiger partial charge in [0.1, 0.15) is 10.8 Å². The zero-order valence-corrected chi connectivity index (χ0v) is 12.1. The van der Waals surface area contributed by atoms with Crippen molar-refractivity contribution in [2.24, 2.45) is 5.73 Å². The predicted molar refractivity (Wildman–Crippen MR) is 79.2 cm³/mol. The normalized spacial score (nSPS) is 10.5. The van der Waals surface area contributed by atoms with E-state index in [4.69, 9.17) is 18.0 Å². The van der Waals surface area contributed by atoms with E-state index in [-0.39, 0.29) is 16.5 Å². The molecule has 2 rings (SSSR count). The second-order valence-electron chi connectivity index (χ2n) is 4.52. The maximum Gasteiger partial charge on any atom is 0.196 e. The van der Waals surface area contributed by atoms with Crippen LogP contribution in [-0.4, -0.2) is 9.97 Å².